The summed E-state index contributed by atoms with van der Waals surface area (Å²) in [6.45, 7) is 13.1. The minimum absolute atomic E-state index is 0.173. The van der Waals surface area contributed by atoms with Crippen LogP contribution in [0.3, 0.4) is 0 Å². The van der Waals surface area contributed by atoms with Gasteiger partial charge in [0.1, 0.15) is 5.84 Å². The van der Waals surface area contributed by atoms with Crippen LogP contribution in [0.25, 0.3) is 0 Å². The number of aliphatic imine (C=N–C) groups is 1. The van der Waals surface area contributed by atoms with Gasteiger partial charge in [0.25, 0.3) is 0 Å². The molecule has 0 unspecified atom stereocenters. The maximum Gasteiger partial charge on any atom is 0.127 e. The first-order valence-corrected chi connectivity index (χ1v) is 11.1. The minimum atomic E-state index is -0.187. The van der Waals surface area contributed by atoms with Gasteiger partial charge in [-0.05, 0) is 32.9 Å². The summed E-state index contributed by atoms with van der Waals surface area (Å²) in [6, 6.07) is 8.10. The molecule has 0 aromatic heterocycles. The summed E-state index contributed by atoms with van der Waals surface area (Å²) >= 11 is 14.6. The van der Waals surface area contributed by atoms with Crippen LogP contribution in [0.2, 0.25) is 5.02 Å². The first-order chi connectivity index (χ1) is 12.1. The van der Waals surface area contributed by atoms with Crippen LogP contribution >= 0.6 is 35.6 Å². The summed E-state index contributed by atoms with van der Waals surface area (Å²) in [6.07, 6.45) is 0. The van der Waals surface area contributed by atoms with Crippen LogP contribution in [-0.2, 0) is 0 Å². The van der Waals surface area contributed by atoms with Crippen LogP contribution in [0, 0.1) is 5.41 Å². The summed E-state index contributed by atoms with van der Waals surface area (Å²) in [5.74, 6) is 3.36. The van der Waals surface area contributed by atoms with Crippen molar-refractivity contribution in [1.29, 1.82) is 0 Å². The van der Waals surface area contributed by atoms with Crippen molar-refractivity contribution < 1.29 is 0 Å². The Bertz CT molecular complexity index is 718. The van der Waals surface area contributed by atoms with E-state index in [1.165, 1.54) is 0 Å². The topological polar surface area (TPSA) is 18.8 Å². The highest BCUT2D eigenvalue weighted by atomic mass is 35.5. The third-order valence-corrected chi connectivity index (χ3v) is 6.84. The highest BCUT2D eigenvalue weighted by molar-refractivity contribution is 7.99. The van der Waals surface area contributed by atoms with Crippen LogP contribution < -0.4 is 4.90 Å². The molecule has 2 aliphatic rings. The van der Waals surface area contributed by atoms with Gasteiger partial charge >= 0.3 is 0 Å². The maximum atomic E-state index is 6.56. The molecule has 0 bridgehead atoms. The summed E-state index contributed by atoms with van der Waals surface area (Å²) < 4.78 is 0. The molecule has 2 saturated heterocycles. The molecule has 1 aromatic rings. The fourth-order valence-corrected chi connectivity index (χ4v) is 5.19. The van der Waals surface area contributed by atoms with Crippen LogP contribution in [0.1, 0.15) is 34.6 Å². The molecule has 0 spiro atoms. The Labute approximate surface area is 172 Å². The Hall–Kier alpha value is -0.620. The Morgan fingerprint density at radius 3 is 2.38 bits per heavy atom. The molecule has 2 fully saturated rings. The van der Waals surface area contributed by atoms with E-state index in [0.29, 0.717) is 5.02 Å². The summed E-state index contributed by atoms with van der Waals surface area (Å²) in [5.41, 5.74) is 0.568. The van der Waals surface area contributed by atoms with Crippen LogP contribution in [0.4, 0.5) is 5.69 Å². The lowest BCUT2D eigenvalue weighted by Gasteiger charge is -2.38. The second-order valence-electron chi connectivity index (χ2n) is 8.51. The molecular weight excluding hydrogens is 382 g/mol. The lowest BCUT2D eigenvalue weighted by molar-refractivity contribution is 0.201. The Morgan fingerprint density at radius 2 is 1.81 bits per heavy atom. The highest BCUT2D eigenvalue weighted by Crippen LogP contribution is 2.43. The average Bonchev–Trinajstić information content (AvgIpc) is 2.74. The van der Waals surface area contributed by atoms with Crippen LogP contribution in [-0.4, -0.2) is 51.9 Å². The molecule has 1 aromatic carbocycles. The Balaban J connectivity index is 2.15. The van der Waals surface area contributed by atoms with Crippen molar-refractivity contribution in [2.75, 3.05) is 29.5 Å². The molecule has 0 aliphatic carbocycles. The third kappa shape index (κ3) is 3.82. The molecule has 3 rings (SSSR count). The number of rotatable bonds is 2. The zero-order chi connectivity index (χ0) is 19.1. The zero-order valence-corrected chi connectivity index (χ0v) is 18.6. The first-order valence-electron chi connectivity index (χ1n) is 9.13. The Morgan fingerprint density at radius 1 is 1.19 bits per heavy atom. The largest absolute Gasteiger partial charge is 0.291 e. The van der Waals surface area contributed by atoms with Crippen LogP contribution in [0.5, 0.6) is 0 Å². The fourth-order valence-electron chi connectivity index (χ4n) is 3.73. The second kappa shape index (κ2) is 7.42. The molecule has 0 N–H and O–H groups in total. The van der Waals surface area contributed by atoms with Crippen LogP contribution in [0.15, 0.2) is 29.3 Å². The third-order valence-electron chi connectivity index (χ3n) is 4.87. The van der Waals surface area contributed by atoms with Gasteiger partial charge in [-0.3, -0.25) is 14.8 Å². The lowest BCUT2D eigenvalue weighted by Crippen LogP contribution is -2.51. The first kappa shape index (κ1) is 20.1. The van der Waals surface area contributed by atoms with E-state index in [1.807, 2.05) is 36.0 Å². The normalized spacial score (nSPS) is 25.9. The molecule has 142 valence electrons. The van der Waals surface area contributed by atoms with Gasteiger partial charge in [-0.1, -0.05) is 49.8 Å². The molecule has 0 amide bonds. The quantitative estimate of drug-likeness (QED) is 0.630. The van der Waals surface area contributed by atoms with Crippen molar-refractivity contribution in [1.82, 2.24) is 4.90 Å². The van der Waals surface area contributed by atoms with Gasteiger partial charge in [0.05, 0.1) is 27.3 Å². The van der Waals surface area contributed by atoms with Gasteiger partial charge in [-0.15, -0.1) is 0 Å². The van der Waals surface area contributed by atoms with Crippen molar-refractivity contribution in [2.24, 2.45) is 10.4 Å². The molecule has 2 aliphatic heterocycles. The van der Waals surface area contributed by atoms with Gasteiger partial charge in [0, 0.05) is 30.0 Å². The van der Waals surface area contributed by atoms with E-state index in [9.17, 15) is 0 Å². The molecule has 3 nitrogen and oxygen atoms in total. The molecule has 6 heteroatoms. The van der Waals surface area contributed by atoms with E-state index in [2.05, 4.69) is 44.4 Å². The number of anilines is 1. The predicted molar refractivity (Wildman–Crippen MR) is 120 cm³/mol. The SMILES string of the molecule is CC(C)(C)N=C1[C@@H](N2CCSCC2)C(C)(C)C(=S)N1c1ccccc1Cl. The van der Waals surface area contributed by atoms with E-state index >= 15 is 0 Å². The smallest absolute Gasteiger partial charge is 0.127 e. The number of benzene rings is 1. The maximum absolute atomic E-state index is 6.56. The average molecular weight is 410 g/mol. The summed E-state index contributed by atoms with van der Waals surface area (Å²) in [4.78, 5) is 10.8. The standard InChI is InChI=1S/C20H28ClN3S2/c1-19(2,3)22-17-16(23-10-12-26-13-11-23)20(4,5)18(25)24(17)15-9-7-6-8-14(15)21/h6-9,16H,10-13H2,1-5H3/t16-/m1/s1. The monoisotopic (exact) mass is 409 g/mol. The van der Waals surface area contributed by atoms with Gasteiger partial charge in [-0.2, -0.15) is 11.8 Å². The van der Waals surface area contributed by atoms with Crippen molar-refractivity contribution in [3.8, 4) is 0 Å². The number of hydrogen-bond donors (Lipinski definition) is 0. The number of nitrogens with zero attached hydrogens (tertiary/aromatic N) is 3. The van der Waals surface area contributed by atoms with Gasteiger partial charge < -0.3 is 0 Å². The summed E-state index contributed by atoms with van der Waals surface area (Å²) in [5, 5.41) is 0.710. The lowest BCUT2D eigenvalue weighted by atomic mass is 9.85. The number of amidine groups is 1. The number of hydrogen-bond acceptors (Lipinski definition) is 4. The van der Waals surface area contributed by atoms with E-state index < -0.39 is 0 Å². The van der Waals surface area contributed by atoms with Crippen molar-refractivity contribution in [3.63, 3.8) is 0 Å². The van der Waals surface area contributed by atoms with Gasteiger partial charge in [0.2, 0.25) is 0 Å². The number of thioether (sulfide) groups is 1. The molecule has 0 saturated carbocycles. The van der Waals surface area contributed by atoms with E-state index in [-0.39, 0.29) is 17.0 Å². The Kier molecular flexibility index (Phi) is 5.74. The predicted octanol–water partition coefficient (Wildman–Crippen LogP) is 5.13. The number of para-hydroxylation sites is 1. The molecule has 2 heterocycles. The molecule has 0 radical (unpaired) electrons. The van der Waals surface area contributed by atoms with Gasteiger partial charge in [0.15, 0.2) is 0 Å². The minimum Gasteiger partial charge on any atom is -0.291 e. The zero-order valence-electron chi connectivity index (χ0n) is 16.3. The molecular formula is C20H28ClN3S2. The van der Waals surface area contributed by atoms with E-state index in [4.69, 9.17) is 28.8 Å². The van der Waals surface area contributed by atoms with Crippen molar-refractivity contribution in [3.05, 3.63) is 29.3 Å². The van der Waals surface area contributed by atoms with Crippen molar-refractivity contribution >= 4 is 52.1 Å². The fraction of sp³-hybridized carbons (Fsp3) is 0.600. The molecule has 26 heavy (non-hydrogen) atoms. The van der Waals surface area contributed by atoms with E-state index in [0.717, 1.165) is 41.1 Å². The summed E-state index contributed by atoms with van der Waals surface area (Å²) in [7, 11) is 0. The highest BCUT2D eigenvalue weighted by Gasteiger charge is 2.52. The number of thiocarbonyl (C=S) groups is 1. The van der Waals surface area contributed by atoms with Crippen molar-refractivity contribution in [2.45, 2.75) is 46.2 Å². The number of halogens is 1. The second-order valence-corrected chi connectivity index (χ2v) is 10.5. The van der Waals surface area contributed by atoms with Gasteiger partial charge in [-0.25, -0.2) is 0 Å². The van der Waals surface area contributed by atoms with E-state index in [1.54, 1.807) is 0 Å². The molecule has 1 atom stereocenters.